The minimum Gasteiger partial charge on any atom is -0.329 e. The van der Waals surface area contributed by atoms with Crippen LogP contribution < -0.4 is 5.73 Å². The van der Waals surface area contributed by atoms with E-state index in [4.69, 9.17) is 5.73 Å². The number of rotatable bonds is 8. The Morgan fingerprint density at radius 3 is 2.31 bits per heavy atom. The third-order valence-electron chi connectivity index (χ3n) is 4.05. The minimum absolute atomic E-state index is 0. The summed E-state index contributed by atoms with van der Waals surface area (Å²) in [4.78, 5) is 2.31. The molecule has 0 aliphatic heterocycles. The Bertz CT molecular complexity index is 774. The van der Waals surface area contributed by atoms with Crippen LogP contribution in [0.2, 0.25) is 0 Å². The molecular weight excluding hydrogens is 351 g/mol. The number of aromatic nitrogens is 2. The van der Waals surface area contributed by atoms with Crippen LogP contribution in [0.1, 0.15) is 16.7 Å². The second-order valence-electron chi connectivity index (χ2n) is 6.16. The van der Waals surface area contributed by atoms with E-state index in [1.807, 2.05) is 23.1 Å². The van der Waals surface area contributed by atoms with Crippen molar-refractivity contribution in [1.29, 1.82) is 0 Å². The zero-order valence-corrected chi connectivity index (χ0v) is 15.4. The van der Waals surface area contributed by atoms with Gasteiger partial charge in [0.05, 0.1) is 12.7 Å². The Kier molecular flexibility index (Phi) is 7.78. The summed E-state index contributed by atoms with van der Waals surface area (Å²) in [6, 6.07) is 16.9. The molecule has 0 fully saturated rings. The van der Waals surface area contributed by atoms with Crippen molar-refractivity contribution >= 4 is 12.4 Å². The minimum atomic E-state index is -0.219. The molecule has 0 unspecified atom stereocenters. The molecule has 2 aromatic carbocycles. The van der Waals surface area contributed by atoms with Gasteiger partial charge in [0.15, 0.2) is 0 Å². The van der Waals surface area contributed by atoms with Gasteiger partial charge in [-0.15, -0.1) is 12.4 Å². The molecule has 0 atom stereocenters. The van der Waals surface area contributed by atoms with Crippen LogP contribution in [0.15, 0.2) is 67.0 Å². The number of hydrogen-bond acceptors (Lipinski definition) is 3. The highest BCUT2D eigenvalue weighted by atomic mass is 35.5. The van der Waals surface area contributed by atoms with Gasteiger partial charge in [-0.1, -0.05) is 42.5 Å². The van der Waals surface area contributed by atoms with E-state index in [0.29, 0.717) is 13.1 Å². The van der Waals surface area contributed by atoms with Gasteiger partial charge < -0.3 is 5.73 Å². The molecule has 4 nitrogen and oxygen atoms in total. The van der Waals surface area contributed by atoms with E-state index < -0.39 is 0 Å². The van der Waals surface area contributed by atoms with Crippen molar-refractivity contribution in [3.8, 4) is 0 Å². The predicted octanol–water partition coefficient (Wildman–Crippen LogP) is 3.45. The number of benzene rings is 2. The summed E-state index contributed by atoms with van der Waals surface area (Å²) in [5.74, 6) is -0.219. The second-order valence-corrected chi connectivity index (χ2v) is 6.16. The van der Waals surface area contributed by atoms with Crippen LogP contribution in [-0.2, 0) is 19.6 Å². The molecule has 0 aliphatic carbocycles. The number of hydrogen-bond donors (Lipinski definition) is 1. The van der Waals surface area contributed by atoms with Crippen molar-refractivity contribution in [2.45, 2.75) is 19.6 Å². The van der Waals surface area contributed by atoms with Crippen molar-refractivity contribution in [2.75, 3.05) is 13.1 Å². The molecule has 0 spiro atoms. The van der Waals surface area contributed by atoms with Crippen LogP contribution >= 0.6 is 12.4 Å². The lowest BCUT2D eigenvalue weighted by molar-refractivity contribution is 0.264. The van der Waals surface area contributed by atoms with Gasteiger partial charge >= 0.3 is 0 Å². The van der Waals surface area contributed by atoms with Crippen molar-refractivity contribution in [3.05, 3.63) is 89.5 Å². The zero-order chi connectivity index (χ0) is 17.5. The fraction of sp³-hybridized carbons (Fsp3) is 0.250. The van der Waals surface area contributed by atoms with Crippen molar-refractivity contribution in [3.63, 3.8) is 0 Å². The average Bonchev–Trinajstić information content (AvgIpc) is 3.05. The van der Waals surface area contributed by atoms with Gasteiger partial charge in [0.1, 0.15) is 5.82 Å². The van der Waals surface area contributed by atoms with Gasteiger partial charge in [-0.3, -0.25) is 9.58 Å². The van der Waals surface area contributed by atoms with Gasteiger partial charge in [-0.2, -0.15) is 5.10 Å². The SMILES string of the molecule is Cl.NCCN(Cc1ccccc1)Cc1cnn(Cc2ccc(F)cc2)c1. The van der Waals surface area contributed by atoms with Gasteiger partial charge in [-0.25, -0.2) is 4.39 Å². The Morgan fingerprint density at radius 1 is 0.923 bits per heavy atom. The Hall–Kier alpha value is -2.21. The van der Waals surface area contributed by atoms with Gasteiger partial charge in [0.2, 0.25) is 0 Å². The van der Waals surface area contributed by atoms with Crippen molar-refractivity contribution in [2.24, 2.45) is 5.73 Å². The van der Waals surface area contributed by atoms with Crippen molar-refractivity contribution < 1.29 is 4.39 Å². The molecule has 3 aromatic rings. The molecule has 138 valence electrons. The van der Waals surface area contributed by atoms with E-state index in [-0.39, 0.29) is 18.2 Å². The maximum Gasteiger partial charge on any atom is 0.123 e. The molecule has 6 heteroatoms. The Labute approximate surface area is 159 Å². The van der Waals surface area contributed by atoms with Crippen molar-refractivity contribution in [1.82, 2.24) is 14.7 Å². The third kappa shape index (κ3) is 5.95. The summed E-state index contributed by atoms with van der Waals surface area (Å²) in [6.07, 6.45) is 3.93. The largest absolute Gasteiger partial charge is 0.329 e. The normalized spacial score (nSPS) is 10.7. The van der Waals surface area contributed by atoms with E-state index in [9.17, 15) is 4.39 Å². The maximum absolute atomic E-state index is 13.0. The summed E-state index contributed by atoms with van der Waals surface area (Å²) in [6.45, 7) is 3.75. The summed E-state index contributed by atoms with van der Waals surface area (Å²) in [7, 11) is 0. The molecule has 26 heavy (non-hydrogen) atoms. The van der Waals surface area contributed by atoms with E-state index in [1.54, 1.807) is 12.1 Å². The molecule has 0 bridgehead atoms. The lowest BCUT2D eigenvalue weighted by Crippen LogP contribution is -2.28. The van der Waals surface area contributed by atoms with E-state index >= 15 is 0 Å². The predicted molar refractivity (Wildman–Crippen MR) is 105 cm³/mol. The second kappa shape index (κ2) is 10.1. The first-order chi connectivity index (χ1) is 12.2. The van der Waals surface area contributed by atoms with Crippen LogP contribution in [0.4, 0.5) is 4.39 Å². The van der Waals surface area contributed by atoms with Gasteiger partial charge in [0.25, 0.3) is 0 Å². The molecule has 0 aliphatic rings. The van der Waals surface area contributed by atoms with Crippen LogP contribution in [0.5, 0.6) is 0 Å². The van der Waals surface area contributed by atoms with E-state index in [1.165, 1.54) is 17.7 Å². The molecule has 1 heterocycles. The summed E-state index contributed by atoms with van der Waals surface area (Å²) in [5, 5.41) is 4.42. The average molecular weight is 375 g/mol. The topological polar surface area (TPSA) is 47.1 Å². The van der Waals surface area contributed by atoms with Crippen LogP contribution in [0, 0.1) is 5.82 Å². The first-order valence-corrected chi connectivity index (χ1v) is 8.45. The fourth-order valence-corrected chi connectivity index (χ4v) is 2.85. The molecule has 3 rings (SSSR count). The zero-order valence-electron chi connectivity index (χ0n) is 14.6. The standard InChI is InChI=1S/C20H23FN4.ClH/c21-20-8-6-18(7-9-20)15-25-16-19(12-23-25)14-24(11-10-22)13-17-4-2-1-3-5-17;/h1-9,12,16H,10-11,13-15,22H2;1H. The Morgan fingerprint density at radius 2 is 1.62 bits per heavy atom. The van der Waals surface area contributed by atoms with Crippen LogP contribution in [0.25, 0.3) is 0 Å². The highest BCUT2D eigenvalue weighted by Gasteiger charge is 2.08. The molecular formula is C20H24ClFN4. The van der Waals surface area contributed by atoms with Crippen LogP contribution in [-0.4, -0.2) is 27.8 Å². The highest BCUT2D eigenvalue weighted by molar-refractivity contribution is 5.85. The number of halogens is 2. The molecule has 0 saturated carbocycles. The number of nitrogens with two attached hydrogens (primary N) is 1. The maximum atomic E-state index is 13.0. The number of nitrogens with zero attached hydrogens (tertiary/aromatic N) is 3. The summed E-state index contributed by atoms with van der Waals surface area (Å²) < 4.78 is 14.9. The fourth-order valence-electron chi connectivity index (χ4n) is 2.85. The van der Waals surface area contributed by atoms with E-state index in [2.05, 4.69) is 34.3 Å². The van der Waals surface area contributed by atoms with Gasteiger partial charge in [0, 0.05) is 37.9 Å². The molecule has 0 radical (unpaired) electrons. The lowest BCUT2D eigenvalue weighted by Gasteiger charge is -2.20. The van der Waals surface area contributed by atoms with Crippen LogP contribution in [0.3, 0.4) is 0 Å². The molecule has 1 aromatic heterocycles. The van der Waals surface area contributed by atoms with E-state index in [0.717, 1.165) is 30.8 Å². The quantitative estimate of drug-likeness (QED) is 0.657. The lowest BCUT2D eigenvalue weighted by atomic mass is 10.2. The summed E-state index contributed by atoms with van der Waals surface area (Å²) in [5.41, 5.74) is 9.21. The first-order valence-electron chi connectivity index (χ1n) is 8.45. The molecule has 2 N–H and O–H groups in total. The summed E-state index contributed by atoms with van der Waals surface area (Å²) >= 11 is 0. The third-order valence-corrected chi connectivity index (χ3v) is 4.05. The van der Waals surface area contributed by atoms with Gasteiger partial charge in [-0.05, 0) is 23.3 Å². The monoisotopic (exact) mass is 374 g/mol. The Balaban J connectivity index is 0.00000243. The molecule has 0 saturated heterocycles. The highest BCUT2D eigenvalue weighted by Crippen LogP contribution is 2.11. The molecule has 0 amide bonds. The first kappa shape index (κ1) is 20.1. The smallest absolute Gasteiger partial charge is 0.123 e.